The fraction of sp³-hybridized carbons (Fsp3) is 0.417. The molecule has 0 aliphatic carbocycles. The summed E-state index contributed by atoms with van der Waals surface area (Å²) in [6.07, 6.45) is 0. The molecule has 1 amide bonds. The van der Waals surface area contributed by atoms with Crippen LogP contribution in [-0.4, -0.2) is 19.0 Å². The highest BCUT2D eigenvalue weighted by atomic mass is 19.1. The molecule has 0 aliphatic heterocycles. The molecule has 0 unspecified atom stereocenters. The van der Waals surface area contributed by atoms with Gasteiger partial charge < -0.3 is 10.6 Å². The minimum atomic E-state index is -0.218. The Morgan fingerprint density at radius 3 is 2.81 bits per heavy atom. The Morgan fingerprint density at radius 2 is 2.12 bits per heavy atom. The maximum atomic E-state index is 12.9. The lowest BCUT2D eigenvalue weighted by molar-refractivity contribution is -0.118. The molecule has 0 aliphatic rings. The van der Waals surface area contributed by atoms with Crippen LogP contribution in [0.1, 0.15) is 18.1 Å². The van der Waals surface area contributed by atoms with Gasteiger partial charge in [-0.15, -0.1) is 0 Å². The van der Waals surface area contributed by atoms with E-state index in [-0.39, 0.29) is 11.7 Å². The van der Waals surface area contributed by atoms with Gasteiger partial charge in [-0.1, -0.05) is 6.07 Å². The molecule has 2 N–H and O–H groups in total. The van der Waals surface area contributed by atoms with Crippen molar-refractivity contribution >= 4 is 5.91 Å². The number of carbonyl (C=O) groups excluding carboxylic acids is 1. The number of carbonyl (C=O) groups is 1. The lowest BCUT2D eigenvalue weighted by atomic mass is 10.1. The molecule has 1 aromatic rings. The predicted molar refractivity (Wildman–Crippen MR) is 61.5 cm³/mol. The topological polar surface area (TPSA) is 41.1 Å². The SMILES string of the molecule is CC(=O)NCCNCc1cc(F)ccc1C. The second kappa shape index (κ2) is 6.23. The largest absolute Gasteiger partial charge is 0.355 e. The van der Waals surface area contributed by atoms with Crippen LogP contribution in [0.25, 0.3) is 0 Å². The molecule has 0 saturated heterocycles. The summed E-state index contributed by atoms with van der Waals surface area (Å²) in [5.74, 6) is -0.256. The van der Waals surface area contributed by atoms with Gasteiger partial charge in [0.15, 0.2) is 0 Å². The summed E-state index contributed by atoms with van der Waals surface area (Å²) in [5, 5.41) is 5.83. The van der Waals surface area contributed by atoms with Crippen molar-refractivity contribution in [2.45, 2.75) is 20.4 Å². The van der Waals surface area contributed by atoms with Gasteiger partial charge in [0.2, 0.25) is 5.91 Å². The Labute approximate surface area is 95.0 Å². The van der Waals surface area contributed by atoms with Crippen LogP contribution in [0.5, 0.6) is 0 Å². The fourth-order valence-electron chi connectivity index (χ4n) is 1.38. The van der Waals surface area contributed by atoms with Crippen molar-refractivity contribution < 1.29 is 9.18 Å². The number of halogens is 1. The van der Waals surface area contributed by atoms with Crippen LogP contribution in [0, 0.1) is 12.7 Å². The molecule has 88 valence electrons. The average molecular weight is 224 g/mol. The normalized spacial score (nSPS) is 10.2. The van der Waals surface area contributed by atoms with E-state index in [1.165, 1.54) is 19.1 Å². The second-order valence-electron chi connectivity index (χ2n) is 3.73. The van der Waals surface area contributed by atoms with Gasteiger partial charge in [-0.25, -0.2) is 4.39 Å². The first kappa shape index (κ1) is 12.6. The van der Waals surface area contributed by atoms with E-state index < -0.39 is 0 Å². The smallest absolute Gasteiger partial charge is 0.216 e. The van der Waals surface area contributed by atoms with E-state index in [0.717, 1.165) is 11.1 Å². The molecule has 4 heteroatoms. The maximum Gasteiger partial charge on any atom is 0.216 e. The highest BCUT2D eigenvalue weighted by Gasteiger charge is 1.99. The van der Waals surface area contributed by atoms with Crippen molar-refractivity contribution in [2.24, 2.45) is 0 Å². The molecule has 16 heavy (non-hydrogen) atoms. The summed E-state index contributed by atoms with van der Waals surface area (Å²) in [4.78, 5) is 10.6. The van der Waals surface area contributed by atoms with Gasteiger partial charge >= 0.3 is 0 Å². The van der Waals surface area contributed by atoms with Gasteiger partial charge in [0.1, 0.15) is 5.82 Å². The molecule has 0 bridgehead atoms. The molecule has 0 aromatic heterocycles. The van der Waals surface area contributed by atoms with Crippen molar-refractivity contribution in [3.63, 3.8) is 0 Å². The predicted octanol–water partition coefficient (Wildman–Crippen LogP) is 1.36. The maximum absolute atomic E-state index is 12.9. The molecular weight excluding hydrogens is 207 g/mol. The van der Waals surface area contributed by atoms with Crippen molar-refractivity contribution in [3.8, 4) is 0 Å². The van der Waals surface area contributed by atoms with Crippen LogP contribution >= 0.6 is 0 Å². The average Bonchev–Trinajstić information content (AvgIpc) is 2.22. The van der Waals surface area contributed by atoms with Crippen LogP contribution < -0.4 is 10.6 Å². The number of nitrogens with one attached hydrogen (secondary N) is 2. The third kappa shape index (κ3) is 4.40. The molecule has 0 fully saturated rings. The highest BCUT2D eigenvalue weighted by molar-refractivity contribution is 5.72. The molecule has 0 saturated carbocycles. The first-order chi connectivity index (χ1) is 7.59. The first-order valence-electron chi connectivity index (χ1n) is 5.30. The molecule has 0 spiro atoms. The minimum Gasteiger partial charge on any atom is -0.355 e. The van der Waals surface area contributed by atoms with Gasteiger partial charge in [0.05, 0.1) is 0 Å². The van der Waals surface area contributed by atoms with E-state index in [1.807, 2.05) is 6.92 Å². The number of amides is 1. The number of benzene rings is 1. The summed E-state index contributed by atoms with van der Waals surface area (Å²) in [7, 11) is 0. The van der Waals surface area contributed by atoms with Crippen LogP contribution in [0.2, 0.25) is 0 Å². The molecule has 0 atom stereocenters. The van der Waals surface area contributed by atoms with Crippen LogP contribution in [0.4, 0.5) is 4.39 Å². The summed E-state index contributed by atoms with van der Waals surface area (Å²) in [5.41, 5.74) is 2.01. The first-order valence-corrected chi connectivity index (χ1v) is 5.30. The van der Waals surface area contributed by atoms with Crippen molar-refractivity contribution in [1.29, 1.82) is 0 Å². The number of hydrogen-bond acceptors (Lipinski definition) is 2. The van der Waals surface area contributed by atoms with Crippen molar-refractivity contribution in [2.75, 3.05) is 13.1 Å². The van der Waals surface area contributed by atoms with Gasteiger partial charge in [0, 0.05) is 26.6 Å². The van der Waals surface area contributed by atoms with E-state index in [2.05, 4.69) is 10.6 Å². The molecule has 1 rings (SSSR count). The fourth-order valence-corrected chi connectivity index (χ4v) is 1.38. The third-order valence-electron chi connectivity index (χ3n) is 2.30. The lowest BCUT2D eigenvalue weighted by Gasteiger charge is -2.08. The molecule has 0 radical (unpaired) electrons. The summed E-state index contributed by atoms with van der Waals surface area (Å²) >= 11 is 0. The Hall–Kier alpha value is -1.42. The van der Waals surface area contributed by atoms with Gasteiger partial charge in [0.25, 0.3) is 0 Å². The highest BCUT2D eigenvalue weighted by Crippen LogP contribution is 2.09. The number of aryl methyl sites for hydroxylation is 1. The zero-order chi connectivity index (χ0) is 12.0. The van der Waals surface area contributed by atoms with Gasteiger partial charge in [-0.05, 0) is 30.2 Å². The number of hydrogen-bond donors (Lipinski definition) is 2. The van der Waals surface area contributed by atoms with Crippen molar-refractivity contribution in [1.82, 2.24) is 10.6 Å². The lowest BCUT2D eigenvalue weighted by Crippen LogP contribution is -2.30. The van der Waals surface area contributed by atoms with Gasteiger partial charge in [-0.2, -0.15) is 0 Å². The van der Waals surface area contributed by atoms with E-state index in [1.54, 1.807) is 6.07 Å². The minimum absolute atomic E-state index is 0.0382. The van der Waals surface area contributed by atoms with Crippen molar-refractivity contribution in [3.05, 3.63) is 35.1 Å². The van der Waals surface area contributed by atoms with Gasteiger partial charge in [-0.3, -0.25) is 4.79 Å². The Bertz CT molecular complexity index is 366. The second-order valence-corrected chi connectivity index (χ2v) is 3.73. The third-order valence-corrected chi connectivity index (χ3v) is 2.30. The summed E-state index contributed by atoms with van der Waals surface area (Å²) in [6.45, 7) is 5.31. The summed E-state index contributed by atoms with van der Waals surface area (Å²) < 4.78 is 12.9. The van der Waals surface area contributed by atoms with E-state index >= 15 is 0 Å². The van der Waals surface area contributed by atoms with E-state index in [9.17, 15) is 9.18 Å². The molecular formula is C12H17FN2O. The molecule has 3 nitrogen and oxygen atoms in total. The van der Waals surface area contributed by atoms with E-state index in [4.69, 9.17) is 0 Å². The Morgan fingerprint density at radius 1 is 1.38 bits per heavy atom. The van der Waals surface area contributed by atoms with Crippen LogP contribution in [0.3, 0.4) is 0 Å². The Kier molecular flexibility index (Phi) is 4.92. The zero-order valence-corrected chi connectivity index (χ0v) is 9.64. The van der Waals surface area contributed by atoms with E-state index in [0.29, 0.717) is 19.6 Å². The standard InChI is InChI=1S/C12H17FN2O/c1-9-3-4-12(13)7-11(9)8-14-5-6-15-10(2)16/h3-4,7,14H,5-6,8H2,1-2H3,(H,15,16). The molecule has 1 aromatic carbocycles. The van der Waals surface area contributed by atoms with Crippen LogP contribution in [-0.2, 0) is 11.3 Å². The van der Waals surface area contributed by atoms with Crippen LogP contribution in [0.15, 0.2) is 18.2 Å². The Balaban J connectivity index is 2.31. The quantitative estimate of drug-likeness (QED) is 0.741. The zero-order valence-electron chi connectivity index (χ0n) is 9.64. The molecule has 0 heterocycles. The summed E-state index contributed by atoms with van der Waals surface area (Å²) in [6, 6.07) is 4.75. The number of rotatable bonds is 5. The monoisotopic (exact) mass is 224 g/mol.